The summed E-state index contributed by atoms with van der Waals surface area (Å²) >= 11 is 0. The van der Waals surface area contributed by atoms with E-state index in [2.05, 4.69) is 20.3 Å². The van der Waals surface area contributed by atoms with Gasteiger partial charge in [-0.3, -0.25) is 4.57 Å². The Balaban J connectivity index is 1.13. The number of rotatable bonds is 6. The first-order valence-electron chi connectivity index (χ1n) is 12.3. The van der Waals surface area contributed by atoms with E-state index in [1.54, 1.807) is 30.5 Å². The lowest BCUT2D eigenvalue weighted by Crippen LogP contribution is -2.60. The predicted molar refractivity (Wildman–Crippen MR) is 134 cm³/mol. The Morgan fingerprint density at radius 3 is 2.43 bits per heavy atom. The molecule has 0 unspecified atom stereocenters. The first kappa shape index (κ1) is 23.4. The Morgan fingerprint density at radius 2 is 1.70 bits per heavy atom. The van der Waals surface area contributed by atoms with Gasteiger partial charge in [0.1, 0.15) is 35.3 Å². The van der Waals surface area contributed by atoms with Crippen LogP contribution in [0.3, 0.4) is 0 Å². The summed E-state index contributed by atoms with van der Waals surface area (Å²) in [6.45, 7) is 3.95. The second-order valence-corrected chi connectivity index (χ2v) is 9.71. The van der Waals surface area contributed by atoms with Gasteiger partial charge >= 0.3 is 5.69 Å². The van der Waals surface area contributed by atoms with Crippen LogP contribution in [0.5, 0.6) is 11.5 Å². The Morgan fingerprint density at radius 1 is 0.973 bits per heavy atom. The number of benzene rings is 2. The van der Waals surface area contributed by atoms with Gasteiger partial charge in [0.15, 0.2) is 0 Å². The van der Waals surface area contributed by atoms with Crippen LogP contribution < -0.4 is 20.6 Å². The molecule has 4 heterocycles. The lowest BCUT2D eigenvalue weighted by molar-refractivity contribution is 0.149. The summed E-state index contributed by atoms with van der Waals surface area (Å²) in [5.41, 5.74) is 0.229. The van der Waals surface area contributed by atoms with Crippen LogP contribution in [0.1, 0.15) is 18.4 Å². The molecule has 2 fully saturated rings. The van der Waals surface area contributed by atoms with Crippen LogP contribution in [-0.4, -0.2) is 45.5 Å². The number of halogens is 2. The molecule has 0 atom stereocenters. The molecule has 0 radical (unpaired) electrons. The number of piperidine rings is 1. The third-order valence-electron chi connectivity index (χ3n) is 7.20. The summed E-state index contributed by atoms with van der Waals surface area (Å²) in [4.78, 5) is 19.6. The summed E-state index contributed by atoms with van der Waals surface area (Å²) in [6.07, 6.45) is 5.42. The van der Waals surface area contributed by atoms with Crippen LogP contribution in [0.25, 0.3) is 5.69 Å². The van der Waals surface area contributed by atoms with E-state index in [9.17, 15) is 13.6 Å². The molecule has 2 aliphatic rings. The Bertz CT molecular complexity index is 1450. The zero-order valence-electron chi connectivity index (χ0n) is 20.1. The number of nitrogens with one attached hydrogen (secondary N) is 1. The highest BCUT2D eigenvalue weighted by Gasteiger charge is 2.43. The summed E-state index contributed by atoms with van der Waals surface area (Å²) in [5.74, 6) is 0.764. The zero-order chi connectivity index (χ0) is 25.4. The highest BCUT2D eigenvalue weighted by molar-refractivity contribution is 5.48. The molecule has 1 spiro atoms. The van der Waals surface area contributed by atoms with Crippen LogP contribution in [0.15, 0.2) is 71.9 Å². The van der Waals surface area contributed by atoms with Gasteiger partial charge in [-0.1, -0.05) is 6.07 Å². The van der Waals surface area contributed by atoms with Crippen molar-refractivity contribution in [3.8, 4) is 17.2 Å². The third kappa shape index (κ3) is 4.60. The number of hydrogen-bond donors (Lipinski definition) is 1. The van der Waals surface area contributed by atoms with E-state index >= 15 is 0 Å². The Labute approximate surface area is 212 Å². The van der Waals surface area contributed by atoms with E-state index < -0.39 is 17.3 Å². The van der Waals surface area contributed by atoms with Crippen molar-refractivity contribution < 1.29 is 13.5 Å². The first-order valence-corrected chi connectivity index (χ1v) is 12.3. The van der Waals surface area contributed by atoms with Crippen molar-refractivity contribution in [1.82, 2.24) is 24.6 Å². The largest absolute Gasteiger partial charge is 0.457 e. The lowest BCUT2D eigenvalue weighted by atomic mass is 9.72. The molecular formula is C27H26F2N6O2. The summed E-state index contributed by atoms with van der Waals surface area (Å²) in [6, 6.07) is 14.2. The maximum Gasteiger partial charge on any atom is 0.350 e. The van der Waals surface area contributed by atoms with Crippen molar-refractivity contribution >= 4 is 5.82 Å². The molecule has 4 aromatic rings. The highest BCUT2D eigenvalue weighted by Crippen LogP contribution is 2.41. The van der Waals surface area contributed by atoms with Crippen molar-refractivity contribution in [2.75, 3.05) is 31.1 Å². The zero-order valence-corrected chi connectivity index (χ0v) is 20.1. The van der Waals surface area contributed by atoms with Gasteiger partial charge in [0.25, 0.3) is 0 Å². The molecule has 0 bridgehead atoms. The molecular weight excluding hydrogens is 478 g/mol. The fourth-order valence-electron chi connectivity index (χ4n) is 5.10. The van der Waals surface area contributed by atoms with E-state index in [0.717, 1.165) is 48.7 Å². The van der Waals surface area contributed by atoms with Gasteiger partial charge in [0, 0.05) is 36.3 Å². The Hall–Kier alpha value is -4.05. The molecule has 2 aromatic carbocycles. The Kier molecular flexibility index (Phi) is 5.96. The molecule has 0 saturated carbocycles. The standard InChI is InChI=1S/C27H26F2N6O2/c28-23-2-1-3-24(29)22(23)15-33-18-32-35(26(33)36)19-4-6-20(7-5-19)37-21-8-11-31-25(14-21)34-16-27(17-34)9-12-30-13-10-27/h1-8,11,14,18,30H,9-10,12-13,15-17H2. The van der Waals surface area contributed by atoms with Gasteiger partial charge in [0.2, 0.25) is 0 Å². The van der Waals surface area contributed by atoms with Gasteiger partial charge in [0.05, 0.1) is 12.2 Å². The third-order valence-corrected chi connectivity index (χ3v) is 7.20. The monoisotopic (exact) mass is 504 g/mol. The normalized spacial score (nSPS) is 16.5. The average Bonchev–Trinajstić information content (AvgIpc) is 3.26. The lowest BCUT2D eigenvalue weighted by Gasteiger charge is -2.53. The number of hydrogen-bond acceptors (Lipinski definition) is 6. The second-order valence-electron chi connectivity index (χ2n) is 9.71. The molecule has 0 aliphatic carbocycles. The second kappa shape index (κ2) is 9.44. The van der Waals surface area contributed by atoms with E-state index in [-0.39, 0.29) is 12.1 Å². The van der Waals surface area contributed by atoms with Crippen molar-refractivity contribution in [2.45, 2.75) is 19.4 Å². The van der Waals surface area contributed by atoms with Gasteiger partial charge < -0.3 is 15.0 Å². The number of anilines is 1. The molecule has 8 nitrogen and oxygen atoms in total. The topological polar surface area (TPSA) is 77.2 Å². The van der Waals surface area contributed by atoms with E-state index in [4.69, 9.17) is 4.74 Å². The van der Waals surface area contributed by atoms with E-state index in [0.29, 0.717) is 22.6 Å². The SMILES string of the molecule is O=c1n(Cc2c(F)cccc2F)cnn1-c1ccc(Oc2ccnc(N3CC4(CCNCC4)C3)c2)cc1. The van der Waals surface area contributed by atoms with Crippen molar-refractivity contribution in [1.29, 1.82) is 0 Å². The van der Waals surface area contributed by atoms with E-state index in [1.165, 1.54) is 29.9 Å². The molecule has 2 aliphatic heterocycles. The molecule has 1 N–H and O–H groups in total. The first-order chi connectivity index (χ1) is 18.0. The smallest absolute Gasteiger partial charge is 0.350 e. The van der Waals surface area contributed by atoms with Gasteiger partial charge in [-0.15, -0.1) is 0 Å². The molecule has 37 heavy (non-hydrogen) atoms. The van der Waals surface area contributed by atoms with Gasteiger partial charge in [-0.2, -0.15) is 9.78 Å². The number of ether oxygens (including phenoxy) is 1. The molecule has 10 heteroatoms. The van der Waals surface area contributed by atoms with E-state index in [1.807, 2.05) is 12.1 Å². The van der Waals surface area contributed by atoms with Crippen molar-refractivity contribution in [3.05, 3.63) is 94.8 Å². The number of nitrogens with zero attached hydrogens (tertiary/aromatic N) is 5. The summed E-state index contributed by atoms with van der Waals surface area (Å²) in [5, 5.41) is 7.53. The minimum absolute atomic E-state index is 0.186. The summed E-state index contributed by atoms with van der Waals surface area (Å²) < 4.78 is 36.4. The van der Waals surface area contributed by atoms with Crippen LogP contribution in [0.2, 0.25) is 0 Å². The molecule has 190 valence electrons. The van der Waals surface area contributed by atoms with Crippen LogP contribution in [0, 0.1) is 17.0 Å². The average molecular weight is 505 g/mol. The predicted octanol–water partition coefficient (Wildman–Crippen LogP) is 3.74. The fraction of sp³-hybridized carbons (Fsp3) is 0.296. The quantitative estimate of drug-likeness (QED) is 0.431. The molecule has 2 aromatic heterocycles. The summed E-state index contributed by atoms with van der Waals surface area (Å²) in [7, 11) is 0. The highest BCUT2D eigenvalue weighted by atomic mass is 19.1. The maximum absolute atomic E-state index is 14.0. The van der Waals surface area contributed by atoms with Crippen LogP contribution >= 0.6 is 0 Å². The molecule has 2 saturated heterocycles. The molecule has 0 amide bonds. The number of pyridine rings is 1. The minimum atomic E-state index is -0.708. The minimum Gasteiger partial charge on any atom is -0.457 e. The van der Waals surface area contributed by atoms with Crippen molar-refractivity contribution in [3.63, 3.8) is 0 Å². The van der Waals surface area contributed by atoms with Crippen LogP contribution in [-0.2, 0) is 6.54 Å². The van der Waals surface area contributed by atoms with Gasteiger partial charge in [-0.25, -0.2) is 18.6 Å². The maximum atomic E-state index is 14.0. The van der Waals surface area contributed by atoms with Gasteiger partial charge in [-0.05, 0) is 68.4 Å². The fourth-order valence-corrected chi connectivity index (χ4v) is 5.10. The number of aromatic nitrogens is 4. The molecule has 6 rings (SSSR count). The van der Waals surface area contributed by atoms with Crippen LogP contribution in [0.4, 0.5) is 14.6 Å². The van der Waals surface area contributed by atoms with Crippen molar-refractivity contribution in [2.24, 2.45) is 5.41 Å².